The number of hydrogen-bond acceptors (Lipinski definition) is 4. The summed E-state index contributed by atoms with van der Waals surface area (Å²) in [5.74, 6) is 1.92. The number of aromatic nitrogens is 2. The second-order valence-electron chi connectivity index (χ2n) is 3.82. The van der Waals surface area contributed by atoms with Crippen LogP contribution in [0.2, 0.25) is 0 Å². The molecule has 4 nitrogen and oxygen atoms in total. The van der Waals surface area contributed by atoms with Crippen LogP contribution in [-0.4, -0.2) is 10.1 Å². The molecular formula is C11H11N3O. The third kappa shape index (κ3) is 1.38. The van der Waals surface area contributed by atoms with Gasteiger partial charge in [-0.3, -0.25) is 4.98 Å². The van der Waals surface area contributed by atoms with Gasteiger partial charge < -0.3 is 10.3 Å². The van der Waals surface area contributed by atoms with Crippen LogP contribution in [0.15, 0.2) is 29.0 Å². The lowest BCUT2D eigenvalue weighted by Crippen LogP contribution is -1.89. The summed E-state index contributed by atoms with van der Waals surface area (Å²) in [5, 5.41) is 3.84. The molecule has 2 aromatic heterocycles. The molecule has 1 aliphatic carbocycles. The predicted molar refractivity (Wildman–Crippen MR) is 56.1 cm³/mol. The highest BCUT2D eigenvalue weighted by Gasteiger charge is 2.32. The Balaban J connectivity index is 2.13. The molecule has 0 amide bonds. The maximum atomic E-state index is 5.81. The lowest BCUT2D eigenvalue weighted by Gasteiger charge is -1.99. The second kappa shape index (κ2) is 3.08. The van der Waals surface area contributed by atoms with E-state index in [2.05, 4.69) is 10.1 Å². The van der Waals surface area contributed by atoms with Crippen molar-refractivity contribution in [3.8, 4) is 11.1 Å². The van der Waals surface area contributed by atoms with Crippen molar-refractivity contribution >= 4 is 5.82 Å². The second-order valence-corrected chi connectivity index (χ2v) is 3.82. The van der Waals surface area contributed by atoms with E-state index in [9.17, 15) is 0 Å². The molecule has 1 fully saturated rings. The summed E-state index contributed by atoms with van der Waals surface area (Å²) >= 11 is 0. The molecule has 1 saturated carbocycles. The van der Waals surface area contributed by atoms with Gasteiger partial charge in [-0.05, 0) is 30.5 Å². The van der Waals surface area contributed by atoms with Crippen molar-refractivity contribution in [3.63, 3.8) is 0 Å². The molecule has 4 heteroatoms. The first-order valence-electron chi connectivity index (χ1n) is 5.01. The Kier molecular flexibility index (Phi) is 1.74. The summed E-state index contributed by atoms with van der Waals surface area (Å²) in [4.78, 5) is 3.98. The van der Waals surface area contributed by atoms with E-state index in [-0.39, 0.29) is 0 Å². The zero-order valence-electron chi connectivity index (χ0n) is 8.18. The first-order chi connectivity index (χ1) is 7.36. The normalized spacial score (nSPS) is 15.5. The van der Waals surface area contributed by atoms with Crippen molar-refractivity contribution in [1.29, 1.82) is 0 Å². The van der Waals surface area contributed by atoms with Crippen LogP contribution in [0.25, 0.3) is 11.1 Å². The van der Waals surface area contributed by atoms with E-state index >= 15 is 0 Å². The number of pyridine rings is 1. The minimum atomic E-state index is 0.475. The average Bonchev–Trinajstić information content (AvgIpc) is 3.04. The number of hydrogen-bond donors (Lipinski definition) is 1. The van der Waals surface area contributed by atoms with Crippen molar-refractivity contribution in [2.24, 2.45) is 0 Å². The number of anilines is 1. The Bertz CT molecular complexity index is 474. The van der Waals surface area contributed by atoms with E-state index in [1.54, 1.807) is 12.4 Å². The Morgan fingerprint density at radius 1 is 1.27 bits per heavy atom. The smallest absolute Gasteiger partial charge is 0.175 e. The monoisotopic (exact) mass is 201 g/mol. The molecule has 0 aliphatic heterocycles. The lowest BCUT2D eigenvalue weighted by atomic mass is 10.1. The van der Waals surface area contributed by atoms with E-state index in [1.807, 2.05) is 12.1 Å². The first kappa shape index (κ1) is 8.47. The van der Waals surface area contributed by atoms with Gasteiger partial charge in [0, 0.05) is 18.3 Å². The molecule has 76 valence electrons. The average molecular weight is 201 g/mol. The van der Waals surface area contributed by atoms with Crippen molar-refractivity contribution in [3.05, 3.63) is 30.3 Å². The van der Waals surface area contributed by atoms with Crippen LogP contribution in [-0.2, 0) is 0 Å². The predicted octanol–water partition coefficient (Wildman–Crippen LogP) is 2.20. The van der Waals surface area contributed by atoms with E-state index in [0.29, 0.717) is 11.7 Å². The van der Waals surface area contributed by atoms with Crippen molar-refractivity contribution in [2.45, 2.75) is 18.8 Å². The highest BCUT2D eigenvalue weighted by molar-refractivity contribution is 5.75. The van der Waals surface area contributed by atoms with Gasteiger partial charge in [0.25, 0.3) is 0 Å². The Labute approximate surface area is 87.1 Å². The van der Waals surface area contributed by atoms with Crippen LogP contribution in [0, 0.1) is 0 Å². The zero-order chi connectivity index (χ0) is 10.3. The Morgan fingerprint density at radius 3 is 2.67 bits per heavy atom. The van der Waals surface area contributed by atoms with Gasteiger partial charge in [0.15, 0.2) is 5.82 Å². The molecule has 2 aromatic rings. The topological polar surface area (TPSA) is 64.9 Å². The minimum absolute atomic E-state index is 0.475. The summed E-state index contributed by atoms with van der Waals surface area (Å²) in [6, 6.07) is 3.85. The third-order valence-corrected chi connectivity index (χ3v) is 2.66. The van der Waals surface area contributed by atoms with Crippen LogP contribution >= 0.6 is 0 Å². The zero-order valence-corrected chi connectivity index (χ0v) is 8.18. The maximum Gasteiger partial charge on any atom is 0.175 e. The fraction of sp³-hybridized carbons (Fsp3) is 0.273. The number of nitrogen functional groups attached to an aromatic ring is 1. The fourth-order valence-corrected chi connectivity index (χ4v) is 1.75. The lowest BCUT2D eigenvalue weighted by molar-refractivity contribution is 0.387. The standard InChI is InChI=1S/C11H11N3O/c12-11-9(7-3-5-13-6-4-7)10(15-14-11)8-1-2-8/h3-6,8H,1-2H2,(H2,12,14). The SMILES string of the molecule is Nc1noc(C2CC2)c1-c1ccncc1. The molecule has 15 heavy (non-hydrogen) atoms. The molecule has 0 atom stereocenters. The Morgan fingerprint density at radius 2 is 2.00 bits per heavy atom. The van der Waals surface area contributed by atoms with E-state index in [4.69, 9.17) is 10.3 Å². The molecule has 3 rings (SSSR count). The van der Waals surface area contributed by atoms with Crippen LogP contribution < -0.4 is 5.73 Å². The number of rotatable bonds is 2. The Hall–Kier alpha value is -1.84. The van der Waals surface area contributed by atoms with Crippen LogP contribution in [0.1, 0.15) is 24.5 Å². The van der Waals surface area contributed by atoms with Crippen molar-refractivity contribution < 1.29 is 4.52 Å². The molecule has 0 spiro atoms. The van der Waals surface area contributed by atoms with Crippen molar-refractivity contribution in [1.82, 2.24) is 10.1 Å². The van der Waals surface area contributed by atoms with Crippen molar-refractivity contribution in [2.75, 3.05) is 5.73 Å². The molecule has 2 N–H and O–H groups in total. The summed E-state index contributed by atoms with van der Waals surface area (Å²) in [7, 11) is 0. The molecule has 0 saturated heterocycles. The quantitative estimate of drug-likeness (QED) is 0.808. The third-order valence-electron chi connectivity index (χ3n) is 2.66. The van der Waals surface area contributed by atoms with E-state index in [1.165, 1.54) is 12.8 Å². The largest absolute Gasteiger partial charge is 0.380 e. The van der Waals surface area contributed by atoms with Gasteiger partial charge in [-0.15, -0.1) is 0 Å². The highest BCUT2D eigenvalue weighted by atomic mass is 16.5. The van der Waals surface area contributed by atoms with Gasteiger partial charge >= 0.3 is 0 Å². The molecule has 2 heterocycles. The molecule has 1 aliphatic rings. The molecule has 0 aromatic carbocycles. The van der Waals surface area contributed by atoms with Gasteiger partial charge in [0.1, 0.15) is 5.76 Å². The molecule has 0 radical (unpaired) electrons. The number of nitrogens with two attached hydrogens (primary N) is 1. The first-order valence-corrected chi connectivity index (χ1v) is 5.01. The van der Waals surface area contributed by atoms with Gasteiger partial charge in [0.05, 0.1) is 5.56 Å². The van der Waals surface area contributed by atoms with E-state index in [0.717, 1.165) is 16.9 Å². The summed E-state index contributed by atoms with van der Waals surface area (Å²) in [5.41, 5.74) is 7.79. The van der Waals surface area contributed by atoms with Crippen LogP contribution in [0.5, 0.6) is 0 Å². The summed E-state index contributed by atoms with van der Waals surface area (Å²) < 4.78 is 5.28. The molecule has 0 unspecified atom stereocenters. The number of nitrogens with zero attached hydrogens (tertiary/aromatic N) is 2. The highest BCUT2D eigenvalue weighted by Crippen LogP contribution is 2.46. The van der Waals surface area contributed by atoms with Gasteiger partial charge in [-0.2, -0.15) is 0 Å². The summed E-state index contributed by atoms with van der Waals surface area (Å²) in [6.07, 6.45) is 5.84. The van der Waals surface area contributed by atoms with Crippen LogP contribution in [0.4, 0.5) is 5.82 Å². The minimum Gasteiger partial charge on any atom is -0.380 e. The van der Waals surface area contributed by atoms with Crippen LogP contribution in [0.3, 0.4) is 0 Å². The van der Waals surface area contributed by atoms with Gasteiger partial charge in [0.2, 0.25) is 0 Å². The van der Waals surface area contributed by atoms with Gasteiger partial charge in [-0.25, -0.2) is 0 Å². The fourth-order valence-electron chi connectivity index (χ4n) is 1.75. The summed E-state index contributed by atoms with van der Waals surface area (Å²) in [6.45, 7) is 0. The van der Waals surface area contributed by atoms with E-state index < -0.39 is 0 Å². The molecule has 0 bridgehead atoms. The van der Waals surface area contributed by atoms with Gasteiger partial charge in [-0.1, -0.05) is 5.16 Å². The maximum absolute atomic E-state index is 5.81. The molecular weight excluding hydrogens is 190 g/mol.